The van der Waals surface area contributed by atoms with Crippen molar-refractivity contribution in [1.29, 1.82) is 0 Å². The largest absolute Gasteiger partial charge is 0.507 e. The van der Waals surface area contributed by atoms with Crippen LogP contribution in [-0.2, 0) is 9.59 Å². The number of Topliss-reactive ketones (excluding diaryl/α,β-unsaturated/α-hetero) is 1. The van der Waals surface area contributed by atoms with Gasteiger partial charge in [0.25, 0.3) is 11.7 Å². The number of thiophene rings is 1. The molecule has 1 fully saturated rings. The van der Waals surface area contributed by atoms with E-state index in [4.69, 9.17) is 16.3 Å². The Labute approximate surface area is 195 Å². The first-order chi connectivity index (χ1) is 15.4. The lowest BCUT2D eigenvalue weighted by atomic mass is 9.99. The highest BCUT2D eigenvalue weighted by atomic mass is 35.5. The summed E-state index contributed by atoms with van der Waals surface area (Å²) in [4.78, 5) is 28.3. The number of carbonyl (C=O) groups excluding carboxylic acids is 2. The molecule has 164 valence electrons. The Kier molecular flexibility index (Phi) is 6.35. The molecule has 1 atom stereocenters. The molecule has 1 amide bonds. The molecule has 0 spiro atoms. The van der Waals surface area contributed by atoms with E-state index in [0.717, 1.165) is 4.88 Å². The third-order valence-electron chi connectivity index (χ3n) is 5.07. The molecule has 5 nitrogen and oxygen atoms in total. The third-order valence-corrected chi connectivity index (χ3v) is 6.25. The second-order valence-electron chi connectivity index (χ2n) is 7.89. The lowest BCUT2D eigenvalue weighted by molar-refractivity contribution is -0.132. The summed E-state index contributed by atoms with van der Waals surface area (Å²) in [5.41, 5.74) is 1.03. The zero-order valence-electron chi connectivity index (χ0n) is 17.6. The number of ketones is 1. The fraction of sp³-hybridized carbons (Fsp3) is 0.200. The number of carbonyl (C=O) groups is 2. The third kappa shape index (κ3) is 4.29. The van der Waals surface area contributed by atoms with Crippen LogP contribution in [0.15, 0.2) is 71.6 Å². The molecule has 4 rings (SSSR count). The molecule has 1 aromatic heterocycles. The van der Waals surface area contributed by atoms with Crippen LogP contribution in [0.1, 0.15) is 30.3 Å². The highest BCUT2D eigenvalue weighted by molar-refractivity contribution is 7.10. The Morgan fingerprint density at radius 2 is 1.78 bits per heavy atom. The Morgan fingerprint density at radius 1 is 1.09 bits per heavy atom. The Bertz CT molecular complexity index is 1150. The smallest absolute Gasteiger partial charge is 0.300 e. The molecule has 1 aliphatic heterocycles. The van der Waals surface area contributed by atoms with Gasteiger partial charge in [-0.25, -0.2) is 0 Å². The number of benzene rings is 2. The number of hydrogen-bond acceptors (Lipinski definition) is 5. The van der Waals surface area contributed by atoms with Crippen LogP contribution in [0.4, 0.5) is 5.69 Å². The second kappa shape index (κ2) is 9.18. The molecule has 1 unspecified atom stereocenters. The van der Waals surface area contributed by atoms with Gasteiger partial charge in [-0.15, -0.1) is 11.3 Å². The SMILES string of the molecule is CC(C)COc1ccc(/C(O)=C2/C(=O)C(=O)N(c3ccc(Cl)cc3)C2c2cccs2)cc1. The van der Waals surface area contributed by atoms with Crippen LogP contribution in [0.3, 0.4) is 0 Å². The van der Waals surface area contributed by atoms with Crippen molar-refractivity contribution in [3.63, 3.8) is 0 Å². The summed E-state index contributed by atoms with van der Waals surface area (Å²) in [5, 5.41) is 13.5. The van der Waals surface area contributed by atoms with Crippen LogP contribution in [0.25, 0.3) is 5.76 Å². The molecule has 0 saturated carbocycles. The maximum Gasteiger partial charge on any atom is 0.300 e. The van der Waals surface area contributed by atoms with Gasteiger partial charge in [0, 0.05) is 21.2 Å². The zero-order chi connectivity index (χ0) is 22.8. The summed E-state index contributed by atoms with van der Waals surface area (Å²) >= 11 is 7.42. The van der Waals surface area contributed by atoms with Crippen LogP contribution in [0.5, 0.6) is 5.75 Å². The number of nitrogens with zero attached hydrogens (tertiary/aromatic N) is 1. The number of ether oxygens (including phenoxy) is 1. The topological polar surface area (TPSA) is 66.8 Å². The number of aliphatic hydroxyl groups excluding tert-OH is 1. The highest BCUT2D eigenvalue weighted by Gasteiger charge is 2.47. The number of halogens is 1. The Balaban J connectivity index is 1.77. The highest BCUT2D eigenvalue weighted by Crippen LogP contribution is 2.43. The Morgan fingerprint density at radius 3 is 2.38 bits per heavy atom. The van der Waals surface area contributed by atoms with Gasteiger partial charge < -0.3 is 9.84 Å². The van der Waals surface area contributed by atoms with E-state index >= 15 is 0 Å². The van der Waals surface area contributed by atoms with Crippen LogP contribution in [0.2, 0.25) is 5.02 Å². The van der Waals surface area contributed by atoms with E-state index in [0.29, 0.717) is 34.5 Å². The number of aliphatic hydroxyl groups is 1. The zero-order valence-corrected chi connectivity index (χ0v) is 19.2. The van der Waals surface area contributed by atoms with E-state index in [-0.39, 0.29) is 11.3 Å². The Hall–Kier alpha value is -3.09. The quantitative estimate of drug-likeness (QED) is 0.272. The monoisotopic (exact) mass is 467 g/mol. The molecule has 0 aliphatic carbocycles. The van der Waals surface area contributed by atoms with Gasteiger partial charge >= 0.3 is 0 Å². The van der Waals surface area contributed by atoms with Gasteiger partial charge in [-0.3, -0.25) is 14.5 Å². The van der Waals surface area contributed by atoms with Crippen molar-refractivity contribution in [1.82, 2.24) is 0 Å². The molecule has 2 heterocycles. The molecule has 3 aromatic rings. The maximum absolute atomic E-state index is 13.1. The molecular weight excluding hydrogens is 446 g/mol. The van der Waals surface area contributed by atoms with Gasteiger partial charge in [-0.05, 0) is 65.9 Å². The molecule has 32 heavy (non-hydrogen) atoms. The maximum atomic E-state index is 13.1. The van der Waals surface area contributed by atoms with E-state index in [9.17, 15) is 14.7 Å². The van der Waals surface area contributed by atoms with Crippen molar-refractivity contribution in [3.05, 3.63) is 87.1 Å². The minimum Gasteiger partial charge on any atom is -0.507 e. The van der Waals surface area contributed by atoms with Crippen LogP contribution in [-0.4, -0.2) is 23.4 Å². The first kappa shape index (κ1) is 22.1. The van der Waals surface area contributed by atoms with E-state index in [1.165, 1.54) is 16.2 Å². The van der Waals surface area contributed by atoms with E-state index in [1.54, 1.807) is 48.5 Å². The first-order valence-electron chi connectivity index (χ1n) is 10.2. The van der Waals surface area contributed by atoms with Gasteiger partial charge in [-0.2, -0.15) is 0 Å². The van der Waals surface area contributed by atoms with Crippen molar-refractivity contribution >= 4 is 46.1 Å². The second-order valence-corrected chi connectivity index (χ2v) is 9.31. The van der Waals surface area contributed by atoms with Crippen molar-refractivity contribution in [2.45, 2.75) is 19.9 Å². The summed E-state index contributed by atoms with van der Waals surface area (Å²) in [6.07, 6.45) is 0. The van der Waals surface area contributed by atoms with Crippen molar-refractivity contribution < 1.29 is 19.4 Å². The summed E-state index contributed by atoms with van der Waals surface area (Å²) in [6.45, 7) is 4.70. The van der Waals surface area contributed by atoms with E-state index in [2.05, 4.69) is 13.8 Å². The van der Waals surface area contributed by atoms with Crippen LogP contribution >= 0.6 is 22.9 Å². The first-order valence-corrected chi connectivity index (χ1v) is 11.5. The lowest BCUT2D eigenvalue weighted by Gasteiger charge is -2.24. The number of rotatable bonds is 6. The summed E-state index contributed by atoms with van der Waals surface area (Å²) in [5.74, 6) is -0.571. The molecular formula is C25H22ClNO4S. The minimum absolute atomic E-state index is 0.0586. The van der Waals surface area contributed by atoms with Gasteiger partial charge in [0.15, 0.2) is 0 Å². The molecule has 0 bridgehead atoms. The number of hydrogen-bond donors (Lipinski definition) is 1. The average Bonchev–Trinajstić information content (AvgIpc) is 3.40. The average molecular weight is 468 g/mol. The van der Waals surface area contributed by atoms with Crippen molar-refractivity contribution in [3.8, 4) is 5.75 Å². The van der Waals surface area contributed by atoms with Gasteiger partial charge in [0.05, 0.1) is 12.2 Å². The molecule has 7 heteroatoms. The minimum atomic E-state index is -0.729. The molecule has 2 aromatic carbocycles. The van der Waals surface area contributed by atoms with Crippen LogP contribution < -0.4 is 9.64 Å². The van der Waals surface area contributed by atoms with Crippen LogP contribution in [0, 0.1) is 5.92 Å². The summed E-state index contributed by atoms with van der Waals surface area (Å²) in [6, 6.07) is 16.5. The number of anilines is 1. The fourth-order valence-electron chi connectivity index (χ4n) is 3.54. The predicted octanol–water partition coefficient (Wildman–Crippen LogP) is 6.06. The molecule has 1 N–H and O–H groups in total. The van der Waals surface area contributed by atoms with Gasteiger partial charge in [-0.1, -0.05) is 31.5 Å². The number of amides is 1. The molecule has 1 saturated heterocycles. The van der Waals surface area contributed by atoms with Gasteiger partial charge in [0.1, 0.15) is 17.6 Å². The van der Waals surface area contributed by atoms with E-state index in [1.807, 2.05) is 17.5 Å². The van der Waals surface area contributed by atoms with E-state index < -0.39 is 17.7 Å². The molecule has 0 radical (unpaired) electrons. The molecule has 1 aliphatic rings. The normalized spacial score (nSPS) is 17.9. The fourth-order valence-corrected chi connectivity index (χ4v) is 4.49. The predicted molar refractivity (Wildman–Crippen MR) is 127 cm³/mol. The lowest BCUT2D eigenvalue weighted by Crippen LogP contribution is -2.29. The van der Waals surface area contributed by atoms with Crippen molar-refractivity contribution in [2.75, 3.05) is 11.5 Å². The summed E-state index contributed by atoms with van der Waals surface area (Å²) in [7, 11) is 0. The van der Waals surface area contributed by atoms with Gasteiger partial charge in [0.2, 0.25) is 0 Å². The standard InChI is InChI=1S/C25H22ClNO4S/c1-15(2)14-31-19-11-5-16(6-12-19)23(28)21-22(20-4-3-13-32-20)27(25(30)24(21)29)18-9-7-17(26)8-10-18/h3-13,15,22,28H,14H2,1-2H3/b23-21-. The summed E-state index contributed by atoms with van der Waals surface area (Å²) < 4.78 is 5.69. The van der Waals surface area contributed by atoms with Crippen molar-refractivity contribution in [2.24, 2.45) is 5.92 Å².